The molecule has 3 rings (SSSR count). The van der Waals surface area contributed by atoms with Crippen molar-refractivity contribution in [2.45, 2.75) is 38.4 Å². The number of imidazole rings is 1. The van der Waals surface area contributed by atoms with Crippen LogP contribution in [0.5, 0.6) is 0 Å². The smallest absolute Gasteiger partial charge is 0.251 e. The lowest BCUT2D eigenvalue weighted by atomic mass is 9.98. The number of thioether (sulfide) groups is 1. The van der Waals surface area contributed by atoms with E-state index in [9.17, 15) is 9.59 Å². The van der Waals surface area contributed by atoms with Crippen molar-refractivity contribution in [3.63, 3.8) is 0 Å². The first-order chi connectivity index (χ1) is 12.0. The fourth-order valence-electron chi connectivity index (χ4n) is 3.16. The van der Waals surface area contributed by atoms with Gasteiger partial charge in [-0.2, -0.15) is 0 Å². The van der Waals surface area contributed by atoms with Gasteiger partial charge in [0.1, 0.15) is 5.82 Å². The van der Waals surface area contributed by atoms with E-state index in [1.165, 1.54) is 17.8 Å². The number of aromatic nitrogens is 4. The van der Waals surface area contributed by atoms with Gasteiger partial charge in [0.05, 0.1) is 5.75 Å². The van der Waals surface area contributed by atoms with Crippen LogP contribution < -0.4 is 5.56 Å². The second kappa shape index (κ2) is 7.86. The van der Waals surface area contributed by atoms with Crippen LogP contribution in [0.25, 0.3) is 0 Å². The standard InChI is InChI=1S/C17H23N5O2S/c1-12-8-15(23)20-17(19-12)25-11-16(24)22-6-3-4-14(10-22)9-21-7-5-18-13(21)2/h5,7-8,14H,3-4,6,9-11H2,1-2H3,(H,19,20,23)/t14-/m0/s1. The highest BCUT2D eigenvalue weighted by molar-refractivity contribution is 7.99. The number of aromatic amines is 1. The number of nitrogens with zero attached hydrogens (tertiary/aromatic N) is 4. The third-order valence-electron chi connectivity index (χ3n) is 4.43. The van der Waals surface area contributed by atoms with Crippen LogP contribution in [0.3, 0.4) is 0 Å². The van der Waals surface area contributed by atoms with Gasteiger partial charge in [0.25, 0.3) is 5.56 Å². The van der Waals surface area contributed by atoms with Gasteiger partial charge in [-0.1, -0.05) is 11.8 Å². The van der Waals surface area contributed by atoms with Gasteiger partial charge in [0.2, 0.25) is 5.91 Å². The van der Waals surface area contributed by atoms with Crippen LogP contribution in [-0.2, 0) is 11.3 Å². The molecule has 3 heterocycles. The Balaban J connectivity index is 1.54. The van der Waals surface area contributed by atoms with Crippen LogP contribution in [0.2, 0.25) is 0 Å². The summed E-state index contributed by atoms with van der Waals surface area (Å²) in [6, 6.07) is 1.44. The monoisotopic (exact) mass is 361 g/mol. The van der Waals surface area contributed by atoms with Crippen LogP contribution in [0.4, 0.5) is 0 Å². The molecule has 2 aromatic heterocycles. The molecule has 1 atom stereocenters. The minimum Gasteiger partial charge on any atom is -0.342 e. The number of carbonyl (C=O) groups excluding carboxylic acids is 1. The molecule has 0 aromatic carbocycles. The maximum Gasteiger partial charge on any atom is 0.251 e. The van der Waals surface area contributed by atoms with Crippen molar-refractivity contribution in [3.8, 4) is 0 Å². The Morgan fingerprint density at radius 3 is 3.00 bits per heavy atom. The molecule has 1 N–H and O–H groups in total. The third-order valence-corrected chi connectivity index (χ3v) is 5.29. The van der Waals surface area contributed by atoms with Gasteiger partial charge in [-0.05, 0) is 32.6 Å². The van der Waals surface area contributed by atoms with E-state index in [-0.39, 0.29) is 11.5 Å². The molecule has 0 bridgehead atoms. The van der Waals surface area contributed by atoms with Crippen LogP contribution >= 0.6 is 11.8 Å². The van der Waals surface area contributed by atoms with E-state index in [1.807, 2.05) is 24.2 Å². The Morgan fingerprint density at radius 1 is 1.44 bits per heavy atom. The second-order valence-electron chi connectivity index (χ2n) is 6.46. The van der Waals surface area contributed by atoms with E-state index >= 15 is 0 Å². The normalized spacial score (nSPS) is 17.7. The first kappa shape index (κ1) is 17.7. The minimum atomic E-state index is -0.184. The predicted octanol–water partition coefficient (Wildman–Crippen LogP) is 1.61. The van der Waals surface area contributed by atoms with Gasteiger partial charge in [0, 0.05) is 43.8 Å². The van der Waals surface area contributed by atoms with Gasteiger partial charge in [-0.25, -0.2) is 9.97 Å². The van der Waals surface area contributed by atoms with E-state index in [0.717, 1.165) is 38.3 Å². The second-order valence-corrected chi connectivity index (χ2v) is 7.42. The molecule has 1 aliphatic heterocycles. The summed E-state index contributed by atoms with van der Waals surface area (Å²) in [4.78, 5) is 37.1. The first-order valence-electron chi connectivity index (χ1n) is 8.47. The van der Waals surface area contributed by atoms with Gasteiger partial charge in [0.15, 0.2) is 5.16 Å². The lowest BCUT2D eigenvalue weighted by Gasteiger charge is -2.33. The Bertz CT molecular complexity index is 800. The number of rotatable bonds is 5. The Kier molecular flexibility index (Phi) is 5.57. The zero-order valence-electron chi connectivity index (χ0n) is 14.6. The highest BCUT2D eigenvalue weighted by atomic mass is 32.2. The van der Waals surface area contributed by atoms with Crippen molar-refractivity contribution in [2.24, 2.45) is 5.92 Å². The molecule has 0 aliphatic carbocycles. The lowest BCUT2D eigenvalue weighted by Crippen LogP contribution is -2.42. The molecule has 0 saturated carbocycles. The Morgan fingerprint density at radius 2 is 2.28 bits per heavy atom. The zero-order valence-corrected chi connectivity index (χ0v) is 15.4. The molecule has 7 nitrogen and oxygen atoms in total. The zero-order chi connectivity index (χ0) is 17.8. The summed E-state index contributed by atoms with van der Waals surface area (Å²) in [7, 11) is 0. The summed E-state index contributed by atoms with van der Waals surface area (Å²) < 4.78 is 2.15. The molecular formula is C17H23N5O2S. The predicted molar refractivity (Wildman–Crippen MR) is 96.6 cm³/mol. The molecule has 8 heteroatoms. The maximum atomic E-state index is 12.5. The summed E-state index contributed by atoms with van der Waals surface area (Å²) in [6.07, 6.45) is 5.95. The number of piperidine rings is 1. The van der Waals surface area contributed by atoms with Gasteiger partial charge in [-0.15, -0.1) is 0 Å². The molecule has 1 fully saturated rings. The largest absolute Gasteiger partial charge is 0.342 e. The number of amides is 1. The molecule has 0 spiro atoms. The molecule has 1 amide bonds. The van der Waals surface area contributed by atoms with E-state index in [0.29, 0.717) is 22.5 Å². The van der Waals surface area contributed by atoms with Crippen molar-refractivity contribution in [2.75, 3.05) is 18.8 Å². The van der Waals surface area contributed by atoms with E-state index in [2.05, 4.69) is 19.5 Å². The lowest BCUT2D eigenvalue weighted by molar-refractivity contribution is -0.130. The molecule has 25 heavy (non-hydrogen) atoms. The molecule has 134 valence electrons. The summed E-state index contributed by atoms with van der Waals surface area (Å²) in [5.74, 6) is 1.85. The molecule has 0 unspecified atom stereocenters. The van der Waals surface area contributed by atoms with E-state index < -0.39 is 0 Å². The van der Waals surface area contributed by atoms with Crippen LogP contribution in [-0.4, -0.2) is 49.2 Å². The highest BCUT2D eigenvalue weighted by Gasteiger charge is 2.24. The quantitative estimate of drug-likeness (QED) is 0.646. The summed E-state index contributed by atoms with van der Waals surface area (Å²) in [6.45, 7) is 6.24. The fourth-order valence-corrected chi connectivity index (χ4v) is 3.98. The van der Waals surface area contributed by atoms with Crippen molar-refractivity contribution in [3.05, 3.63) is 40.3 Å². The number of carbonyl (C=O) groups is 1. The van der Waals surface area contributed by atoms with Gasteiger partial charge in [-0.3, -0.25) is 9.59 Å². The topological polar surface area (TPSA) is 83.9 Å². The SMILES string of the molecule is Cc1cc(=O)[nH]c(SCC(=O)N2CCC[C@@H](Cn3ccnc3C)C2)n1. The fraction of sp³-hybridized carbons (Fsp3) is 0.529. The average Bonchev–Trinajstić information content (AvgIpc) is 2.97. The van der Waals surface area contributed by atoms with Crippen molar-refractivity contribution >= 4 is 17.7 Å². The van der Waals surface area contributed by atoms with E-state index in [1.54, 1.807) is 6.92 Å². The Labute approximate surface area is 150 Å². The van der Waals surface area contributed by atoms with E-state index in [4.69, 9.17) is 0 Å². The third kappa shape index (κ3) is 4.72. The highest BCUT2D eigenvalue weighted by Crippen LogP contribution is 2.21. The number of nitrogens with one attached hydrogen (secondary N) is 1. The number of hydrogen-bond acceptors (Lipinski definition) is 5. The number of hydrogen-bond donors (Lipinski definition) is 1. The van der Waals surface area contributed by atoms with Crippen molar-refractivity contribution < 1.29 is 4.79 Å². The van der Waals surface area contributed by atoms with Crippen LogP contribution in [0.1, 0.15) is 24.4 Å². The van der Waals surface area contributed by atoms with Crippen molar-refractivity contribution in [1.29, 1.82) is 0 Å². The van der Waals surface area contributed by atoms with Crippen LogP contribution in [0, 0.1) is 19.8 Å². The van der Waals surface area contributed by atoms with Gasteiger partial charge >= 0.3 is 0 Å². The molecular weight excluding hydrogens is 338 g/mol. The molecule has 1 saturated heterocycles. The van der Waals surface area contributed by atoms with Gasteiger partial charge < -0.3 is 14.5 Å². The molecule has 0 radical (unpaired) electrons. The molecule has 2 aromatic rings. The average molecular weight is 361 g/mol. The maximum absolute atomic E-state index is 12.5. The minimum absolute atomic E-state index is 0.0983. The number of H-pyrrole nitrogens is 1. The number of aryl methyl sites for hydroxylation is 2. The molecule has 1 aliphatic rings. The number of likely N-dealkylation sites (tertiary alicyclic amines) is 1. The first-order valence-corrected chi connectivity index (χ1v) is 9.46. The van der Waals surface area contributed by atoms with Crippen LogP contribution in [0.15, 0.2) is 28.4 Å². The Hall–Kier alpha value is -2.09. The van der Waals surface area contributed by atoms with Crippen molar-refractivity contribution in [1.82, 2.24) is 24.4 Å². The summed E-state index contributed by atoms with van der Waals surface area (Å²) in [5.41, 5.74) is 0.476. The summed E-state index contributed by atoms with van der Waals surface area (Å²) in [5, 5.41) is 0.501. The summed E-state index contributed by atoms with van der Waals surface area (Å²) >= 11 is 1.29.